The molecule has 1 aromatic carbocycles. The van der Waals surface area contributed by atoms with Crippen molar-refractivity contribution >= 4 is 11.9 Å². The van der Waals surface area contributed by atoms with E-state index in [-0.39, 0.29) is 18.3 Å². The average molecular weight is 277 g/mol. The minimum atomic E-state index is -0.867. The maximum absolute atomic E-state index is 13.8. The Bertz CT molecular complexity index is 576. The van der Waals surface area contributed by atoms with Crippen LogP contribution >= 0.6 is 0 Å². The first kappa shape index (κ1) is 13.1. The highest BCUT2D eigenvalue weighted by Crippen LogP contribution is 2.50. The molecular formula is C15H16FNO3. The number of carboxylic acid groups (broad SMARTS) is 1. The van der Waals surface area contributed by atoms with Crippen LogP contribution in [0.4, 0.5) is 4.39 Å². The van der Waals surface area contributed by atoms with Crippen molar-refractivity contribution < 1.29 is 19.1 Å². The molecule has 2 N–H and O–H groups in total. The summed E-state index contributed by atoms with van der Waals surface area (Å²) in [5.74, 6) is -1.50. The highest BCUT2D eigenvalue weighted by Gasteiger charge is 2.55. The third-order valence-corrected chi connectivity index (χ3v) is 4.47. The molecule has 0 aromatic heterocycles. The minimum Gasteiger partial charge on any atom is -0.481 e. The van der Waals surface area contributed by atoms with Gasteiger partial charge >= 0.3 is 5.97 Å². The Balaban J connectivity index is 1.72. The number of amides is 1. The summed E-state index contributed by atoms with van der Waals surface area (Å²) in [4.78, 5) is 23.4. The zero-order valence-corrected chi connectivity index (χ0v) is 11.0. The molecule has 0 radical (unpaired) electrons. The summed E-state index contributed by atoms with van der Waals surface area (Å²) in [6.07, 6.45) is 2.41. The van der Waals surface area contributed by atoms with Crippen molar-refractivity contribution in [1.82, 2.24) is 5.32 Å². The molecule has 0 heterocycles. The van der Waals surface area contributed by atoms with Gasteiger partial charge < -0.3 is 10.4 Å². The van der Waals surface area contributed by atoms with Gasteiger partial charge in [-0.15, -0.1) is 0 Å². The number of hydrogen-bond donors (Lipinski definition) is 2. The van der Waals surface area contributed by atoms with Gasteiger partial charge in [0.1, 0.15) is 5.82 Å². The molecule has 5 heteroatoms. The van der Waals surface area contributed by atoms with Gasteiger partial charge in [-0.05, 0) is 31.7 Å². The van der Waals surface area contributed by atoms with E-state index in [4.69, 9.17) is 5.11 Å². The zero-order valence-electron chi connectivity index (χ0n) is 11.0. The Morgan fingerprint density at radius 3 is 2.35 bits per heavy atom. The van der Waals surface area contributed by atoms with Crippen LogP contribution in [0.1, 0.15) is 31.2 Å². The Morgan fingerprint density at radius 1 is 1.20 bits per heavy atom. The van der Waals surface area contributed by atoms with Crippen LogP contribution < -0.4 is 5.32 Å². The predicted octanol–water partition coefficient (Wildman–Crippen LogP) is 1.84. The molecular weight excluding hydrogens is 261 g/mol. The Kier molecular flexibility index (Phi) is 2.81. The van der Waals surface area contributed by atoms with E-state index < -0.39 is 16.8 Å². The van der Waals surface area contributed by atoms with Crippen LogP contribution in [0.25, 0.3) is 0 Å². The van der Waals surface area contributed by atoms with Crippen molar-refractivity contribution in [3.05, 3.63) is 35.6 Å². The van der Waals surface area contributed by atoms with Crippen molar-refractivity contribution in [3.63, 3.8) is 0 Å². The standard InChI is InChI=1S/C15H16FNO3/c16-11-4-2-1-3-10(11)15(7-8-15)12(18)17-9-14(5-6-14)13(19)20/h1-4H,5-9H2,(H,17,18)(H,19,20). The molecule has 2 fully saturated rings. The molecule has 20 heavy (non-hydrogen) atoms. The molecule has 0 bridgehead atoms. The fraction of sp³-hybridized carbons (Fsp3) is 0.467. The fourth-order valence-electron chi connectivity index (χ4n) is 2.63. The molecule has 0 atom stereocenters. The third kappa shape index (κ3) is 1.97. The van der Waals surface area contributed by atoms with Crippen LogP contribution in [-0.4, -0.2) is 23.5 Å². The monoisotopic (exact) mass is 277 g/mol. The van der Waals surface area contributed by atoms with E-state index in [2.05, 4.69) is 5.32 Å². The number of carbonyl (C=O) groups is 2. The van der Waals surface area contributed by atoms with E-state index in [1.807, 2.05) is 0 Å². The van der Waals surface area contributed by atoms with E-state index in [1.54, 1.807) is 18.2 Å². The number of carbonyl (C=O) groups excluding carboxylic acids is 1. The van der Waals surface area contributed by atoms with E-state index >= 15 is 0 Å². The zero-order chi connectivity index (χ0) is 14.4. The van der Waals surface area contributed by atoms with Gasteiger partial charge in [-0.1, -0.05) is 18.2 Å². The second-order valence-electron chi connectivity index (χ2n) is 5.83. The quantitative estimate of drug-likeness (QED) is 0.863. The van der Waals surface area contributed by atoms with E-state index in [9.17, 15) is 14.0 Å². The first-order valence-corrected chi connectivity index (χ1v) is 6.77. The molecule has 2 saturated carbocycles. The second kappa shape index (κ2) is 4.30. The topological polar surface area (TPSA) is 66.4 Å². The molecule has 0 aliphatic heterocycles. The molecule has 4 nitrogen and oxygen atoms in total. The molecule has 0 saturated heterocycles. The van der Waals surface area contributed by atoms with Gasteiger partial charge in [-0.25, -0.2) is 4.39 Å². The largest absolute Gasteiger partial charge is 0.481 e. The van der Waals surface area contributed by atoms with Crippen LogP contribution in [0.2, 0.25) is 0 Å². The van der Waals surface area contributed by atoms with Crippen LogP contribution in [-0.2, 0) is 15.0 Å². The van der Waals surface area contributed by atoms with Crippen molar-refractivity contribution in [1.29, 1.82) is 0 Å². The summed E-state index contributed by atoms with van der Waals surface area (Å²) < 4.78 is 13.8. The lowest BCUT2D eigenvalue weighted by molar-refractivity contribution is -0.143. The number of carboxylic acids is 1. The molecule has 1 aromatic rings. The number of rotatable bonds is 5. The number of hydrogen-bond acceptors (Lipinski definition) is 2. The van der Waals surface area contributed by atoms with Crippen LogP contribution in [0.3, 0.4) is 0 Å². The van der Waals surface area contributed by atoms with E-state index in [0.29, 0.717) is 31.2 Å². The number of aliphatic carboxylic acids is 1. The Hall–Kier alpha value is -1.91. The van der Waals surface area contributed by atoms with Crippen molar-refractivity contribution in [2.45, 2.75) is 31.1 Å². The summed E-state index contributed by atoms with van der Waals surface area (Å²) >= 11 is 0. The lowest BCUT2D eigenvalue weighted by Crippen LogP contribution is -2.40. The number of halogens is 1. The fourth-order valence-corrected chi connectivity index (χ4v) is 2.63. The van der Waals surface area contributed by atoms with Gasteiger partial charge in [0, 0.05) is 12.1 Å². The molecule has 1 amide bonds. The lowest BCUT2D eigenvalue weighted by atomic mass is 9.94. The number of benzene rings is 1. The molecule has 3 rings (SSSR count). The average Bonchev–Trinajstić information content (AvgIpc) is 3.31. The first-order valence-electron chi connectivity index (χ1n) is 6.77. The third-order valence-electron chi connectivity index (χ3n) is 4.47. The molecule has 2 aliphatic rings. The maximum atomic E-state index is 13.8. The van der Waals surface area contributed by atoms with Crippen LogP contribution in [0.5, 0.6) is 0 Å². The summed E-state index contributed by atoms with van der Waals surface area (Å²) in [6, 6.07) is 6.29. The highest BCUT2D eigenvalue weighted by molar-refractivity contribution is 5.92. The molecule has 0 spiro atoms. The van der Waals surface area contributed by atoms with E-state index in [0.717, 1.165) is 0 Å². The maximum Gasteiger partial charge on any atom is 0.311 e. The van der Waals surface area contributed by atoms with Crippen molar-refractivity contribution in [2.24, 2.45) is 5.41 Å². The van der Waals surface area contributed by atoms with Crippen LogP contribution in [0, 0.1) is 11.2 Å². The van der Waals surface area contributed by atoms with Gasteiger partial charge in [0.05, 0.1) is 10.8 Å². The first-order chi connectivity index (χ1) is 9.50. The van der Waals surface area contributed by atoms with Crippen LogP contribution in [0.15, 0.2) is 24.3 Å². The van der Waals surface area contributed by atoms with Gasteiger partial charge in [0.15, 0.2) is 0 Å². The summed E-state index contributed by atoms with van der Waals surface area (Å²) in [7, 11) is 0. The van der Waals surface area contributed by atoms with Gasteiger partial charge in [-0.2, -0.15) is 0 Å². The summed E-state index contributed by atoms with van der Waals surface area (Å²) in [5, 5.41) is 11.8. The Labute approximate surface area is 116 Å². The SMILES string of the molecule is O=C(O)C1(CNC(=O)C2(c3ccccc3F)CC2)CC1. The number of nitrogens with one attached hydrogen (secondary N) is 1. The smallest absolute Gasteiger partial charge is 0.311 e. The van der Waals surface area contributed by atoms with Gasteiger partial charge in [0.25, 0.3) is 0 Å². The second-order valence-corrected chi connectivity index (χ2v) is 5.83. The van der Waals surface area contributed by atoms with Gasteiger partial charge in [0.2, 0.25) is 5.91 Å². The summed E-state index contributed by atoms with van der Waals surface area (Å²) in [6.45, 7) is 0.136. The normalized spacial score (nSPS) is 21.1. The van der Waals surface area contributed by atoms with E-state index in [1.165, 1.54) is 6.07 Å². The molecule has 2 aliphatic carbocycles. The van der Waals surface area contributed by atoms with Crippen molar-refractivity contribution in [2.75, 3.05) is 6.54 Å². The lowest BCUT2D eigenvalue weighted by Gasteiger charge is -2.18. The summed E-state index contributed by atoms with van der Waals surface area (Å²) in [5.41, 5.74) is -1.17. The van der Waals surface area contributed by atoms with Gasteiger partial charge in [-0.3, -0.25) is 9.59 Å². The molecule has 0 unspecified atom stereocenters. The predicted molar refractivity (Wildman–Crippen MR) is 69.6 cm³/mol. The molecule has 106 valence electrons. The minimum absolute atomic E-state index is 0.136. The van der Waals surface area contributed by atoms with Crippen molar-refractivity contribution in [3.8, 4) is 0 Å². The Morgan fingerprint density at radius 2 is 1.85 bits per heavy atom. The highest BCUT2D eigenvalue weighted by atomic mass is 19.1.